The summed E-state index contributed by atoms with van der Waals surface area (Å²) in [5.74, 6) is -0.820. The van der Waals surface area contributed by atoms with Crippen LogP contribution in [-0.4, -0.2) is 36.0 Å². The first-order valence-corrected chi connectivity index (χ1v) is 13.3. The fourth-order valence-corrected chi connectivity index (χ4v) is 4.72. The highest BCUT2D eigenvalue weighted by atomic mass is 79.9. The zero-order valence-corrected chi connectivity index (χ0v) is 23.9. The Labute approximate surface area is 240 Å². The average molecular weight is 609 g/mol. The van der Waals surface area contributed by atoms with Crippen LogP contribution >= 0.6 is 28.1 Å². The molecule has 3 aromatic rings. The monoisotopic (exact) mass is 607 g/mol. The van der Waals surface area contributed by atoms with Crippen LogP contribution in [0.5, 0.6) is 11.5 Å². The van der Waals surface area contributed by atoms with E-state index >= 15 is 0 Å². The Hall–Kier alpha value is -4.02. The highest BCUT2D eigenvalue weighted by Gasteiger charge is 2.34. The van der Waals surface area contributed by atoms with Crippen LogP contribution in [0.3, 0.4) is 0 Å². The Balaban J connectivity index is 1.56. The fraction of sp³-hybridized carbons (Fsp3) is 0.172. The Bertz CT molecular complexity index is 1490. The van der Waals surface area contributed by atoms with Gasteiger partial charge in [-0.25, -0.2) is 0 Å². The van der Waals surface area contributed by atoms with Crippen molar-refractivity contribution in [2.75, 3.05) is 23.4 Å². The van der Waals surface area contributed by atoms with Gasteiger partial charge in [0, 0.05) is 5.69 Å². The second-order valence-electron chi connectivity index (χ2n) is 8.69. The summed E-state index contributed by atoms with van der Waals surface area (Å²) >= 11 is 8.72. The molecule has 1 fully saturated rings. The van der Waals surface area contributed by atoms with Gasteiger partial charge in [0.15, 0.2) is 23.2 Å². The molecule has 0 atom stereocenters. The third kappa shape index (κ3) is 6.52. The number of para-hydroxylation sites is 1. The normalized spacial score (nSPS) is 14.3. The number of rotatable bonds is 8. The molecule has 3 amide bonds. The topological polar surface area (TPSA) is 97.0 Å². The molecule has 0 aliphatic carbocycles. The van der Waals surface area contributed by atoms with E-state index in [9.17, 15) is 14.4 Å². The minimum Gasteiger partial charge on any atom is -0.490 e. The molecule has 4 rings (SSSR count). The summed E-state index contributed by atoms with van der Waals surface area (Å²) in [6.07, 6.45) is 1.46. The molecule has 1 aliphatic heterocycles. The molecule has 0 radical (unpaired) electrons. The van der Waals surface area contributed by atoms with E-state index < -0.39 is 11.8 Å². The van der Waals surface area contributed by atoms with Gasteiger partial charge in [0.05, 0.1) is 16.8 Å². The Kier molecular flexibility index (Phi) is 8.78. The van der Waals surface area contributed by atoms with Gasteiger partial charge in [-0.15, -0.1) is 0 Å². The third-order valence-electron chi connectivity index (χ3n) is 5.90. The van der Waals surface area contributed by atoms with E-state index in [-0.39, 0.29) is 23.2 Å². The molecule has 200 valence electrons. The zero-order chi connectivity index (χ0) is 28.1. The van der Waals surface area contributed by atoms with E-state index in [2.05, 4.69) is 26.6 Å². The van der Waals surface area contributed by atoms with Gasteiger partial charge in [0.25, 0.3) is 17.7 Å². The fourth-order valence-electron chi connectivity index (χ4n) is 3.86. The highest BCUT2D eigenvalue weighted by Crippen LogP contribution is 2.38. The molecule has 3 aromatic carbocycles. The number of anilines is 2. The summed E-state index contributed by atoms with van der Waals surface area (Å²) in [4.78, 5) is 39.8. The van der Waals surface area contributed by atoms with Crippen LogP contribution < -0.4 is 25.0 Å². The molecule has 0 saturated carbocycles. The van der Waals surface area contributed by atoms with Gasteiger partial charge in [-0.1, -0.05) is 24.3 Å². The number of nitrogens with one attached hydrogen (secondary N) is 2. The molecule has 1 saturated heterocycles. The largest absolute Gasteiger partial charge is 0.490 e. The molecule has 1 heterocycles. The average Bonchev–Trinajstić information content (AvgIpc) is 2.89. The van der Waals surface area contributed by atoms with Crippen molar-refractivity contribution in [1.82, 2.24) is 5.32 Å². The molecule has 0 unspecified atom stereocenters. The number of carbonyl (C=O) groups excluding carboxylic acids is 3. The van der Waals surface area contributed by atoms with Crippen molar-refractivity contribution in [3.05, 3.63) is 87.4 Å². The minimum atomic E-state index is -0.602. The maximum Gasteiger partial charge on any atom is 0.270 e. The summed E-state index contributed by atoms with van der Waals surface area (Å²) in [6, 6.07) is 17.8. The first-order chi connectivity index (χ1) is 18.7. The van der Waals surface area contributed by atoms with Gasteiger partial charge in [-0.05, 0) is 108 Å². The first kappa shape index (κ1) is 28.0. The number of benzene rings is 3. The van der Waals surface area contributed by atoms with E-state index in [0.717, 1.165) is 11.1 Å². The van der Waals surface area contributed by atoms with Crippen LogP contribution in [0.15, 0.2) is 70.7 Å². The van der Waals surface area contributed by atoms with Gasteiger partial charge in [-0.2, -0.15) is 0 Å². The molecule has 2 N–H and O–H groups in total. The van der Waals surface area contributed by atoms with Gasteiger partial charge >= 0.3 is 0 Å². The standard InChI is InChI=1S/C29H26BrN3O5S/c1-4-37-24-15-19(13-22-27(35)32-29(39)33(28(22)36)21-8-6-5-7-9-21)14-23(30)26(24)38-16-25(34)31-20-11-10-17(2)18(3)12-20/h5-15H,4,16H2,1-3H3,(H,31,34)(H,32,35,39)/b22-13-. The number of hydrogen-bond donors (Lipinski definition) is 2. The second-order valence-corrected chi connectivity index (χ2v) is 9.93. The van der Waals surface area contributed by atoms with Crippen molar-refractivity contribution in [3.63, 3.8) is 0 Å². The summed E-state index contributed by atoms with van der Waals surface area (Å²) in [7, 11) is 0. The van der Waals surface area contributed by atoms with Crippen molar-refractivity contribution in [1.29, 1.82) is 0 Å². The van der Waals surface area contributed by atoms with E-state index in [1.807, 2.05) is 45.0 Å². The number of nitrogens with zero attached hydrogens (tertiary/aromatic N) is 1. The summed E-state index contributed by atoms with van der Waals surface area (Å²) in [5.41, 5.74) is 3.83. The molecule has 10 heteroatoms. The van der Waals surface area contributed by atoms with Crippen molar-refractivity contribution in [2.45, 2.75) is 20.8 Å². The lowest BCUT2D eigenvalue weighted by Gasteiger charge is -2.28. The van der Waals surface area contributed by atoms with Crippen LogP contribution in [0.2, 0.25) is 0 Å². The van der Waals surface area contributed by atoms with Gasteiger partial charge in [-0.3, -0.25) is 24.6 Å². The molecular formula is C29H26BrN3O5S. The number of hydrogen-bond acceptors (Lipinski definition) is 6. The lowest BCUT2D eigenvalue weighted by atomic mass is 10.1. The van der Waals surface area contributed by atoms with Crippen molar-refractivity contribution in [3.8, 4) is 11.5 Å². The van der Waals surface area contributed by atoms with Gasteiger partial charge in [0.1, 0.15) is 5.57 Å². The van der Waals surface area contributed by atoms with E-state index in [0.29, 0.717) is 39.5 Å². The lowest BCUT2D eigenvalue weighted by molar-refractivity contribution is -0.122. The molecule has 1 aliphatic rings. The zero-order valence-electron chi connectivity index (χ0n) is 21.5. The summed E-state index contributed by atoms with van der Waals surface area (Å²) in [5, 5.41) is 5.40. The predicted octanol–water partition coefficient (Wildman–Crippen LogP) is 5.31. The molecule has 8 nitrogen and oxygen atoms in total. The minimum absolute atomic E-state index is 0.00681. The molecule has 39 heavy (non-hydrogen) atoms. The number of aryl methyl sites for hydroxylation is 2. The van der Waals surface area contributed by atoms with E-state index in [4.69, 9.17) is 21.7 Å². The van der Waals surface area contributed by atoms with Crippen LogP contribution in [0, 0.1) is 13.8 Å². The Morgan fingerprint density at radius 2 is 1.79 bits per heavy atom. The number of thiocarbonyl (C=S) groups is 1. The van der Waals surface area contributed by atoms with Crippen LogP contribution in [0.1, 0.15) is 23.6 Å². The van der Waals surface area contributed by atoms with Crippen LogP contribution in [0.25, 0.3) is 6.08 Å². The highest BCUT2D eigenvalue weighted by molar-refractivity contribution is 9.10. The third-order valence-corrected chi connectivity index (χ3v) is 6.77. The quantitative estimate of drug-likeness (QED) is 0.204. The number of ether oxygens (including phenoxy) is 2. The van der Waals surface area contributed by atoms with E-state index in [1.165, 1.54) is 11.0 Å². The molecule has 0 bridgehead atoms. The summed E-state index contributed by atoms with van der Waals surface area (Å²) < 4.78 is 12.0. The van der Waals surface area contributed by atoms with E-state index in [1.54, 1.807) is 36.4 Å². The second kappa shape index (κ2) is 12.2. The SMILES string of the molecule is CCOc1cc(/C=C2/C(=O)NC(=S)N(c3ccccc3)C2=O)cc(Br)c1OCC(=O)Nc1ccc(C)c(C)c1. The van der Waals surface area contributed by atoms with Crippen LogP contribution in [-0.2, 0) is 14.4 Å². The number of amides is 3. The predicted molar refractivity (Wildman–Crippen MR) is 158 cm³/mol. The molecular weight excluding hydrogens is 582 g/mol. The molecule has 0 aromatic heterocycles. The smallest absolute Gasteiger partial charge is 0.270 e. The van der Waals surface area contributed by atoms with Crippen LogP contribution in [0.4, 0.5) is 11.4 Å². The van der Waals surface area contributed by atoms with Crippen molar-refractivity contribution < 1.29 is 23.9 Å². The van der Waals surface area contributed by atoms with Crippen molar-refractivity contribution >= 4 is 68.4 Å². The first-order valence-electron chi connectivity index (χ1n) is 12.1. The Morgan fingerprint density at radius 1 is 1.05 bits per heavy atom. The van der Waals surface area contributed by atoms with Gasteiger partial charge in [0.2, 0.25) is 0 Å². The lowest BCUT2D eigenvalue weighted by Crippen LogP contribution is -2.54. The number of carbonyl (C=O) groups is 3. The van der Waals surface area contributed by atoms with Crippen molar-refractivity contribution in [2.24, 2.45) is 0 Å². The maximum absolute atomic E-state index is 13.3. The van der Waals surface area contributed by atoms with Gasteiger partial charge < -0.3 is 14.8 Å². The number of halogens is 1. The molecule has 0 spiro atoms. The maximum atomic E-state index is 13.3. The summed E-state index contributed by atoms with van der Waals surface area (Å²) in [6.45, 7) is 5.86. The Morgan fingerprint density at radius 3 is 2.49 bits per heavy atom.